The van der Waals surface area contributed by atoms with Crippen LogP contribution in [0.25, 0.3) is 0 Å². The molecule has 0 atom stereocenters. The number of halogens is 5. The highest BCUT2D eigenvalue weighted by Gasteiger charge is 2.18. The third-order valence-corrected chi connectivity index (χ3v) is 6.33. The number of ether oxygens (including phenoxy) is 1. The van der Waals surface area contributed by atoms with E-state index in [4.69, 9.17) is 4.74 Å². The molecule has 1 aromatic carbocycles. The van der Waals surface area contributed by atoms with Crippen LogP contribution in [0.1, 0.15) is 16.7 Å². The van der Waals surface area contributed by atoms with Gasteiger partial charge in [0.15, 0.2) is 0 Å². The first-order valence-electron chi connectivity index (χ1n) is 5.06. The number of alkyl halides is 2. The summed E-state index contributed by atoms with van der Waals surface area (Å²) in [6.07, 6.45) is 1.75. The lowest BCUT2D eigenvalue weighted by molar-refractivity contribution is 0.148. The first-order chi connectivity index (χ1) is 8.58. The standard InChI is InChI=1S/C12H11Br5O/c1-2-3-18-6-9-11(16)7(4-13)10(15)8(5-14)12(9)17/h2H,1,3-6H2. The monoisotopic (exact) mass is 566 g/mol. The Morgan fingerprint density at radius 2 is 1.33 bits per heavy atom. The van der Waals surface area contributed by atoms with Crippen molar-refractivity contribution in [1.82, 2.24) is 0 Å². The van der Waals surface area contributed by atoms with Crippen molar-refractivity contribution in [2.75, 3.05) is 6.61 Å². The van der Waals surface area contributed by atoms with Crippen LogP contribution in [0.15, 0.2) is 26.1 Å². The molecule has 1 nitrogen and oxygen atoms in total. The van der Waals surface area contributed by atoms with Gasteiger partial charge in [-0.3, -0.25) is 0 Å². The lowest BCUT2D eigenvalue weighted by atomic mass is 10.1. The van der Waals surface area contributed by atoms with E-state index in [1.807, 2.05) is 0 Å². The van der Waals surface area contributed by atoms with Gasteiger partial charge < -0.3 is 4.74 Å². The minimum atomic E-state index is 0.542. The Morgan fingerprint density at radius 1 is 0.889 bits per heavy atom. The molecule has 6 heteroatoms. The van der Waals surface area contributed by atoms with Crippen molar-refractivity contribution in [2.24, 2.45) is 0 Å². The van der Waals surface area contributed by atoms with Gasteiger partial charge in [-0.05, 0) is 11.1 Å². The van der Waals surface area contributed by atoms with Crippen LogP contribution in [-0.4, -0.2) is 6.61 Å². The van der Waals surface area contributed by atoms with E-state index in [0.29, 0.717) is 13.2 Å². The Kier molecular flexibility index (Phi) is 8.27. The number of hydrogen-bond acceptors (Lipinski definition) is 1. The van der Waals surface area contributed by atoms with Gasteiger partial charge in [0.1, 0.15) is 0 Å². The van der Waals surface area contributed by atoms with Crippen LogP contribution in [0.2, 0.25) is 0 Å². The molecule has 1 aromatic rings. The second-order valence-corrected chi connectivity index (χ2v) is 6.95. The fourth-order valence-electron chi connectivity index (χ4n) is 1.44. The largest absolute Gasteiger partial charge is 0.373 e. The quantitative estimate of drug-likeness (QED) is 0.217. The Hall–Kier alpha value is 1.32. The van der Waals surface area contributed by atoms with Crippen LogP contribution in [-0.2, 0) is 22.0 Å². The topological polar surface area (TPSA) is 9.23 Å². The molecule has 1 rings (SSSR count). The number of rotatable bonds is 6. The molecule has 18 heavy (non-hydrogen) atoms. The molecule has 0 fully saturated rings. The molecule has 0 aliphatic heterocycles. The highest BCUT2D eigenvalue weighted by Crippen LogP contribution is 2.41. The summed E-state index contributed by atoms with van der Waals surface area (Å²) in [7, 11) is 0. The summed E-state index contributed by atoms with van der Waals surface area (Å²) in [4.78, 5) is 0. The van der Waals surface area contributed by atoms with E-state index in [1.54, 1.807) is 6.08 Å². The zero-order valence-corrected chi connectivity index (χ0v) is 17.3. The van der Waals surface area contributed by atoms with Crippen molar-refractivity contribution in [3.05, 3.63) is 42.8 Å². The molecule has 0 saturated carbocycles. The average molecular weight is 571 g/mol. The summed E-state index contributed by atoms with van der Waals surface area (Å²) in [6, 6.07) is 0. The summed E-state index contributed by atoms with van der Waals surface area (Å²) < 4.78 is 8.77. The van der Waals surface area contributed by atoms with E-state index in [2.05, 4.69) is 86.2 Å². The minimum Gasteiger partial charge on any atom is -0.373 e. The molecule has 0 N–H and O–H groups in total. The van der Waals surface area contributed by atoms with Crippen LogP contribution < -0.4 is 0 Å². The van der Waals surface area contributed by atoms with Crippen molar-refractivity contribution in [3.8, 4) is 0 Å². The van der Waals surface area contributed by atoms with E-state index in [9.17, 15) is 0 Å². The second-order valence-electron chi connectivity index (χ2n) is 3.45. The van der Waals surface area contributed by atoms with E-state index in [1.165, 1.54) is 11.1 Å². The summed E-state index contributed by atoms with van der Waals surface area (Å²) in [6.45, 7) is 4.73. The van der Waals surface area contributed by atoms with E-state index >= 15 is 0 Å². The molecule has 0 aromatic heterocycles. The van der Waals surface area contributed by atoms with E-state index in [-0.39, 0.29) is 0 Å². The van der Waals surface area contributed by atoms with Gasteiger partial charge in [0.05, 0.1) is 13.2 Å². The smallest absolute Gasteiger partial charge is 0.0743 e. The zero-order valence-electron chi connectivity index (χ0n) is 9.41. The molecule has 0 saturated heterocycles. The maximum atomic E-state index is 5.55. The van der Waals surface area contributed by atoms with Gasteiger partial charge in [0, 0.05) is 29.6 Å². The molecule has 100 valence electrons. The Bertz CT molecular complexity index is 414. The van der Waals surface area contributed by atoms with Gasteiger partial charge in [-0.15, -0.1) is 6.58 Å². The highest BCUT2D eigenvalue weighted by molar-refractivity contribution is 9.12. The first-order valence-corrected chi connectivity index (χ1v) is 9.68. The van der Waals surface area contributed by atoms with Gasteiger partial charge in [0.2, 0.25) is 0 Å². The van der Waals surface area contributed by atoms with E-state index < -0.39 is 0 Å². The van der Waals surface area contributed by atoms with Gasteiger partial charge in [-0.1, -0.05) is 85.7 Å². The van der Waals surface area contributed by atoms with Crippen LogP contribution in [0.3, 0.4) is 0 Å². The zero-order chi connectivity index (χ0) is 13.7. The van der Waals surface area contributed by atoms with Crippen molar-refractivity contribution < 1.29 is 4.74 Å². The van der Waals surface area contributed by atoms with Gasteiger partial charge in [-0.25, -0.2) is 0 Å². The average Bonchev–Trinajstić information content (AvgIpc) is 2.34. The van der Waals surface area contributed by atoms with Crippen molar-refractivity contribution in [3.63, 3.8) is 0 Å². The van der Waals surface area contributed by atoms with Crippen molar-refractivity contribution in [2.45, 2.75) is 17.3 Å². The second kappa shape index (κ2) is 8.57. The number of benzene rings is 1. The highest BCUT2D eigenvalue weighted by atomic mass is 79.9. The Balaban J connectivity index is 3.26. The molecule has 0 aliphatic rings. The van der Waals surface area contributed by atoms with Crippen LogP contribution in [0.5, 0.6) is 0 Å². The van der Waals surface area contributed by atoms with Crippen LogP contribution >= 0.6 is 79.6 Å². The third-order valence-electron chi connectivity index (χ3n) is 2.34. The molecule has 0 spiro atoms. The molecular weight excluding hydrogens is 560 g/mol. The normalized spacial score (nSPS) is 10.7. The summed E-state index contributed by atoms with van der Waals surface area (Å²) in [5, 5.41) is 1.55. The molecule has 0 bridgehead atoms. The lowest BCUT2D eigenvalue weighted by Crippen LogP contribution is -2.02. The fraction of sp³-hybridized carbons (Fsp3) is 0.333. The molecule has 0 amide bonds. The van der Waals surface area contributed by atoms with Crippen LogP contribution in [0, 0.1) is 0 Å². The van der Waals surface area contributed by atoms with Crippen LogP contribution in [0.4, 0.5) is 0 Å². The third kappa shape index (κ3) is 3.92. The molecule has 0 heterocycles. The van der Waals surface area contributed by atoms with Gasteiger partial charge in [-0.2, -0.15) is 0 Å². The summed E-state index contributed by atoms with van der Waals surface area (Å²) in [5.74, 6) is 0. The Labute approximate surface area is 149 Å². The first kappa shape index (κ1) is 17.4. The summed E-state index contributed by atoms with van der Waals surface area (Å²) in [5.41, 5.74) is 3.48. The number of hydrogen-bond donors (Lipinski definition) is 0. The minimum absolute atomic E-state index is 0.542. The molecule has 0 unspecified atom stereocenters. The van der Waals surface area contributed by atoms with E-state index in [0.717, 1.165) is 29.6 Å². The predicted octanol–water partition coefficient (Wildman–Crippen LogP) is 6.47. The SMILES string of the molecule is C=CCOCc1c(Br)c(CBr)c(Br)c(CBr)c1Br. The molecule has 0 radical (unpaired) electrons. The van der Waals surface area contributed by atoms with Crippen molar-refractivity contribution in [1.29, 1.82) is 0 Å². The molecule has 0 aliphatic carbocycles. The summed E-state index contributed by atoms with van der Waals surface area (Å²) >= 11 is 18.0. The van der Waals surface area contributed by atoms with Gasteiger partial charge in [0.25, 0.3) is 0 Å². The maximum Gasteiger partial charge on any atom is 0.0743 e. The maximum absolute atomic E-state index is 5.55. The fourth-order valence-corrected chi connectivity index (χ4v) is 6.84. The Morgan fingerprint density at radius 3 is 1.72 bits per heavy atom. The molecular formula is C12H11Br5O. The lowest BCUT2D eigenvalue weighted by Gasteiger charge is -2.17. The predicted molar refractivity (Wildman–Crippen MR) is 94.7 cm³/mol. The van der Waals surface area contributed by atoms with Crippen molar-refractivity contribution >= 4 is 79.6 Å². The van der Waals surface area contributed by atoms with Gasteiger partial charge >= 0.3 is 0 Å².